The molecule has 0 spiro atoms. The van der Waals surface area contributed by atoms with Crippen LogP contribution < -0.4 is 10.2 Å². The Hall–Kier alpha value is -1.99. The summed E-state index contributed by atoms with van der Waals surface area (Å²) in [6, 6.07) is 5.81. The first kappa shape index (κ1) is 15.9. The number of thiophene rings is 1. The third-order valence-electron chi connectivity index (χ3n) is 3.83. The molecule has 1 saturated heterocycles. The maximum atomic E-state index is 12.2. The maximum absolute atomic E-state index is 12.2. The van der Waals surface area contributed by atoms with Gasteiger partial charge in [0.15, 0.2) is 11.5 Å². The van der Waals surface area contributed by atoms with Crippen LogP contribution >= 0.6 is 11.3 Å². The van der Waals surface area contributed by atoms with Gasteiger partial charge < -0.3 is 15.0 Å². The van der Waals surface area contributed by atoms with Crippen molar-refractivity contribution in [3.63, 3.8) is 0 Å². The first-order chi connectivity index (χ1) is 11.2. The van der Waals surface area contributed by atoms with Gasteiger partial charge in [0.2, 0.25) is 0 Å². The summed E-state index contributed by atoms with van der Waals surface area (Å²) >= 11 is 1.68. The molecule has 0 aliphatic carbocycles. The van der Waals surface area contributed by atoms with E-state index < -0.39 is 0 Å². The van der Waals surface area contributed by atoms with Crippen LogP contribution in [0.25, 0.3) is 0 Å². The maximum Gasteiger partial charge on any atom is 0.272 e. The van der Waals surface area contributed by atoms with E-state index in [1.165, 1.54) is 5.56 Å². The Labute approximate surface area is 139 Å². The van der Waals surface area contributed by atoms with Crippen molar-refractivity contribution in [2.75, 3.05) is 25.2 Å². The SMILES string of the molecule is CN(Cc1ccsc1)c1ccc(C(=O)NC2CCOCC2)nn1. The van der Waals surface area contributed by atoms with Crippen LogP contribution in [0.4, 0.5) is 5.82 Å². The lowest BCUT2D eigenvalue weighted by atomic mass is 10.1. The first-order valence-corrected chi connectivity index (χ1v) is 8.61. The molecule has 0 unspecified atom stereocenters. The second-order valence-electron chi connectivity index (χ2n) is 5.62. The van der Waals surface area contributed by atoms with E-state index in [1.54, 1.807) is 17.4 Å². The van der Waals surface area contributed by atoms with Gasteiger partial charge in [-0.25, -0.2) is 0 Å². The number of carbonyl (C=O) groups is 1. The molecule has 1 amide bonds. The predicted octanol–water partition coefficient (Wildman–Crippen LogP) is 2.08. The zero-order valence-corrected chi connectivity index (χ0v) is 13.9. The zero-order chi connectivity index (χ0) is 16.1. The summed E-state index contributed by atoms with van der Waals surface area (Å²) in [6.07, 6.45) is 1.70. The van der Waals surface area contributed by atoms with Gasteiger partial charge in [0.1, 0.15) is 0 Å². The highest BCUT2D eigenvalue weighted by atomic mass is 32.1. The Balaban J connectivity index is 1.58. The highest BCUT2D eigenvalue weighted by Gasteiger charge is 2.18. The van der Waals surface area contributed by atoms with Crippen LogP contribution in [0.5, 0.6) is 0 Å². The molecule has 0 bridgehead atoms. The second-order valence-corrected chi connectivity index (χ2v) is 6.40. The summed E-state index contributed by atoms with van der Waals surface area (Å²) in [7, 11) is 1.96. The number of amides is 1. The molecule has 0 aromatic carbocycles. The van der Waals surface area contributed by atoms with Crippen LogP contribution in [-0.4, -0.2) is 42.4 Å². The molecule has 23 heavy (non-hydrogen) atoms. The molecule has 2 aromatic heterocycles. The first-order valence-electron chi connectivity index (χ1n) is 7.67. The second kappa shape index (κ2) is 7.52. The zero-order valence-electron chi connectivity index (χ0n) is 13.1. The number of carbonyl (C=O) groups excluding carboxylic acids is 1. The van der Waals surface area contributed by atoms with Crippen LogP contribution in [0.1, 0.15) is 28.9 Å². The van der Waals surface area contributed by atoms with Crippen LogP contribution in [0.2, 0.25) is 0 Å². The van der Waals surface area contributed by atoms with E-state index in [9.17, 15) is 4.79 Å². The summed E-state index contributed by atoms with van der Waals surface area (Å²) in [5, 5.41) is 15.4. The summed E-state index contributed by atoms with van der Waals surface area (Å²) in [5.74, 6) is 0.579. The lowest BCUT2D eigenvalue weighted by Crippen LogP contribution is -2.39. The number of hydrogen-bond acceptors (Lipinski definition) is 6. The minimum absolute atomic E-state index is 0.166. The summed E-state index contributed by atoms with van der Waals surface area (Å²) in [5.41, 5.74) is 1.59. The highest BCUT2D eigenvalue weighted by Crippen LogP contribution is 2.14. The average Bonchev–Trinajstić information content (AvgIpc) is 3.09. The number of anilines is 1. The molecule has 0 radical (unpaired) electrons. The van der Waals surface area contributed by atoms with Crippen molar-refractivity contribution >= 4 is 23.1 Å². The standard InChI is InChI=1S/C16H20N4O2S/c1-20(10-12-6-9-23-11-12)15-3-2-14(18-19-15)16(21)17-13-4-7-22-8-5-13/h2-3,6,9,11,13H,4-5,7-8,10H2,1H3,(H,17,21). The number of ether oxygens (including phenoxy) is 1. The molecule has 122 valence electrons. The van der Waals surface area contributed by atoms with Crippen molar-refractivity contribution in [3.8, 4) is 0 Å². The van der Waals surface area contributed by atoms with Gasteiger partial charge >= 0.3 is 0 Å². The quantitative estimate of drug-likeness (QED) is 0.908. The fourth-order valence-electron chi connectivity index (χ4n) is 2.49. The Bertz CT molecular complexity index is 624. The Morgan fingerprint density at radius 1 is 1.35 bits per heavy atom. The van der Waals surface area contributed by atoms with E-state index in [4.69, 9.17) is 4.74 Å². The van der Waals surface area contributed by atoms with Gasteiger partial charge in [-0.3, -0.25) is 4.79 Å². The number of aromatic nitrogens is 2. The lowest BCUT2D eigenvalue weighted by Gasteiger charge is -2.23. The van der Waals surface area contributed by atoms with E-state index in [1.807, 2.05) is 18.0 Å². The van der Waals surface area contributed by atoms with Crippen LogP contribution in [0.3, 0.4) is 0 Å². The van der Waals surface area contributed by atoms with E-state index in [-0.39, 0.29) is 11.9 Å². The fourth-order valence-corrected chi connectivity index (χ4v) is 3.15. The molecule has 0 saturated carbocycles. The summed E-state index contributed by atoms with van der Waals surface area (Å²) in [4.78, 5) is 14.2. The van der Waals surface area contributed by atoms with Crippen molar-refractivity contribution < 1.29 is 9.53 Å². The van der Waals surface area contributed by atoms with Crippen molar-refractivity contribution in [2.24, 2.45) is 0 Å². The van der Waals surface area contributed by atoms with Gasteiger partial charge in [0, 0.05) is 32.8 Å². The number of nitrogens with one attached hydrogen (secondary N) is 1. The number of nitrogens with zero attached hydrogens (tertiary/aromatic N) is 3. The molecule has 2 aromatic rings. The minimum atomic E-state index is -0.170. The Kier molecular flexibility index (Phi) is 5.19. The van der Waals surface area contributed by atoms with Crippen LogP contribution in [0.15, 0.2) is 29.0 Å². The van der Waals surface area contributed by atoms with Crippen molar-refractivity contribution in [1.82, 2.24) is 15.5 Å². The summed E-state index contributed by atoms with van der Waals surface area (Å²) < 4.78 is 5.29. The van der Waals surface area contributed by atoms with Crippen LogP contribution in [0, 0.1) is 0 Å². The smallest absolute Gasteiger partial charge is 0.272 e. The van der Waals surface area contributed by atoms with Crippen LogP contribution in [-0.2, 0) is 11.3 Å². The molecular weight excluding hydrogens is 312 g/mol. The highest BCUT2D eigenvalue weighted by molar-refractivity contribution is 7.07. The van der Waals surface area contributed by atoms with Gasteiger partial charge in [0.25, 0.3) is 5.91 Å². The third kappa shape index (κ3) is 4.27. The number of rotatable bonds is 5. The van der Waals surface area contributed by atoms with Gasteiger partial charge in [0.05, 0.1) is 0 Å². The van der Waals surface area contributed by atoms with Gasteiger partial charge in [-0.2, -0.15) is 11.3 Å². The number of hydrogen-bond donors (Lipinski definition) is 1. The molecule has 1 fully saturated rings. The molecule has 6 nitrogen and oxygen atoms in total. The molecule has 1 aliphatic heterocycles. The third-order valence-corrected chi connectivity index (χ3v) is 4.56. The molecule has 7 heteroatoms. The molecule has 1 aliphatic rings. The Morgan fingerprint density at radius 3 is 2.83 bits per heavy atom. The molecule has 3 rings (SSSR count). The van der Waals surface area contributed by atoms with Crippen molar-refractivity contribution in [3.05, 3.63) is 40.2 Å². The fraction of sp³-hybridized carbons (Fsp3) is 0.438. The van der Waals surface area contributed by atoms with E-state index >= 15 is 0 Å². The average molecular weight is 332 g/mol. The van der Waals surface area contributed by atoms with E-state index in [0.29, 0.717) is 18.9 Å². The van der Waals surface area contributed by atoms with Gasteiger partial charge in [-0.1, -0.05) is 0 Å². The monoisotopic (exact) mass is 332 g/mol. The van der Waals surface area contributed by atoms with Crippen molar-refractivity contribution in [2.45, 2.75) is 25.4 Å². The summed E-state index contributed by atoms with van der Waals surface area (Å²) in [6.45, 7) is 2.16. The van der Waals surface area contributed by atoms with Gasteiger partial charge in [-0.05, 0) is 47.4 Å². The van der Waals surface area contributed by atoms with Gasteiger partial charge in [-0.15, -0.1) is 10.2 Å². The van der Waals surface area contributed by atoms with Crippen molar-refractivity contribution in [1.29, 1.82) is 0 Å². The molecular formula is C16H20N4O2S. The predicted molar refractivity (Wildman–Crippen MR) is 89.8 cm³/mol. The normalized spacial score (nSPS) is 15.3. The minimum Gasteiger partial charge on any atom is -0.381 e. The molecule has 1 N–H and O–H groups in total. The Morgan fingerprint density at radius 2 is 2.17 bits per heavy atom. The van der Waals surface area contributed by atoms with E-state index in [0.717, 1.165) is 25.2 Å². The molecule has 0 atom stereocenters. The van der Waals surface area contributed by atoms with E-state index in [2.05, 4.69) is 32.3 Å². The molecule has 3 heterocycles. The lowest BCUT2D eigenvalue weighted by molar-refractivity contribution is 0.0693. The largest absolute Gasteiger partial charge is 0.381 e. The topological polar surface area (TPSA) is 67.4 Å².